The second kappa shape index (κ2) is 5.37. The summed E-state index contributed by atoms with van der Waals surface area (Å²) in [6.07, 6.45) is 2.00. The molecule has 1 heterocycles. The molecular weight excluding hydrogens is 272 g/mol. The lowest BCUT2D eigenvalue weighted by Crippen LogP contribution is -2.45. The van der Waals surface area contributed by atoms with Gasteiger partial charge in [0.1, 0.15) is 0 Å². The molecule has 0 aliphatic carbocycles. The van der Waals surface area contributed by atoms with Crippen molar-refractivity contribution in [2.75, 3.05) is 12.3 Å². The van der Waals surface area contributed by atoms with E-state index in [0.717, 1.165) is 24.0 Å². The monoisotopic (exact) mass is 296 g/mol. The summed E-state index contributed by atoms with van der Waals surface area (Å²) in [7, 11) is -3.47. The highest BCUT2D eigenvalue weighted by atomic mass is 32.2. The summed E-state index contributed by atoms with van der Waals surface area (Å²) in [4.78, 5) is 0.357. The summed E-state index contributed by atoms with van der Waals surface area (Å²) in [6.45, 7) is 8.42. The summed E-state index contributed by atoms with van der Waals surface area (Å²) in [5.74, 6) is 0.406. The fourth-order valence-electron chi connectivity index (χ4n) is 2.83. The van der Waals surface area contributed by atoms with Crippen LogP contribution < -0.4 is 5.73 Å². The zero-order chi connectivity index (χ0) is 15.1. The van der Waals surface area contributed by atoms with Crippen LogP contribution in [0.1, 0.15) is 37.8 Å². The zero-order valence-electron chi connectivity index (χ0n) is 12.7. The van der Waals surface area contributed by atoms with Crippen LogP contribution in [0.5, 0.6) is 0 Å². The van der Waals surface area contributed by atoms with Gasteiger partial charge in [-0.2, -0.15) is 4.31 Å². The van der Waals surface area contributed by atoms with Crippen LogP contribution in [0.2, 0.25) is 0 Å². The van der Waals surface area contributed by atoms with Crippen LogP contribution in [0, 0.1) is 19.8 Å². The van der Waals surface area contributed by atoms with Crippen molar-refractivity contribution in [1.82, 2.24) is 4.31 Å². The predicted octanol–water partition coefficient (Wildman–Crippen LogP) is 2.69. The minimum atomic E-state index is -3.47. The lowest BCUT2D eigenvalue weighted by atomic mass is 9.97. The largest absolute Gasteiger partial charge is 0.399 e. The minimum Gasteiger partial charge on any atom is -0.399 e. The lowest BCUT2D eigenvalue weighted by molar-refractivity contribution is 0.218. The molecule has 112 valence electrons. The molecule has 2 atom stereocenters. The number of nitrogen functional groups attached to an aromatic ring is 1. The number of hydrogen-bond acceptors (Lipinski definition) is 3. The maximum atomic E-state index is 12.9. The van der Waals surface area contributed by atoms with Crippen LogP contribution in [-0.2, 0) is 10.0 Å². The molecule has 1 aliphatic rings. The molecule has 1 fully saturated rings. The van der Waals surface area contributed by atoms with Crippen LogP contribution in [-0.4, -0.2) is 25.3 Å². The highest BCUT2D eigenvalue weighted by Gasteiger charge is 2.34. The third kappa shape index (κ3) is 2.69. The second-order valence-electron chi connectivity index (χ2n) is 6.07. The van der Waals surface area contributed by atoms with E-state index in [0.29, 0.717) is 23.0 Å². The molecule has 2 N–H and O–H groups in total. The maximum Gasteiger partial charge on any atom is 0.243 e. The quantitative estimate of drug-likeness (QED) is 0.853. The van der Waals surface area contributed by atoms with E-state index in [2.05, 4.69) is 6.92 Å². The highest BCUT2D eigenvalue weighted by molar-refractivity contribution is 7.89. The van der Waals surface area contributed by atoms with Crippen molar-refractivity contribution in [1.29, 1.82) is 0 Å². The van der Waals surface area contributed by atoms with Gasteiger partial charge in [-0.15, -0.1) is 0 Å². The summed E-state index contributed by atoms with van der Waals surface area (Å²) in [5.41, 5.74) is 8.05. The Labute approximate surface area is 122 Å². The summed E-state index contributed by atoms with van der Waals surface area (Å²) in [5, 5.41) is 0. The molecule has 5 heteroatoms. The van der Waals surface area contributed by atoms with Crippen molar-refractivity contribution in [2.24, 2.45) is 5.92 Å². The van der Waals surface area contributed by atoms with Crippen LogP contribution in [0.3, 0.4) is 0 Å². The number of rotatable bonds is 2. The van der Waals surface area contributed by atoms with Crippen molar-refractivity contribution in [3.63, 3.8) is 0 Å². The molecule has 0 spiro atoms. The van der Waals surface area contributed by atoms with Crippen molar-refractivity contribution in [2.45, 2.75) is 51.5 Å². The van der Waals surface area contributed by atoms with E-state index in [1.807, 2.05) is 26.8 Å². The highest BCUT2D eigenvalue weighted by Crippen LogP contribution is 2.31. The van der Waals surface area contributed by atoms with E-state index in [1.54, 1.807) is 10.4 Å². The molecule has 0 saturated carbocycles. The van der Waals surface area contributed by atoms with Crippen LogP contribution in [0.15, 0.2) is 17.0 Å². The molecule has 2 unspecified atom stereocenters. The summed E-state index contributed by atoms with van der Waals surface area (Å²) in [6, 6.07) is 3.46. The molecule has 0 amide bonds. The number of benzene rings is 1. The number of anilines is 1. The third-order valence-corrected chi connectivity index (χ3v) is 6.40. The van der Waals surface area contributed by atoms with Crippen molar-refractivity contribution in [3.05, 3.63) is 23.3 Å². The molecule has 1 aliphatic heterocycles. The van der Waals surface area contributed by atoms with Gasteiger partial charge in [0.15, 0.2) is 0 Å². The first-order valence-corrected chi connectivity index (χ1v) is 8.56. The van der Waals surface area contributed by atoms with Crippen molar-refractivity contribution >= 4 is 15.7 Å². The van der Waals surface area contributed by atoms with Gasteiger partial charge >= 0.3 is 0 Å². The standard InChI is InChI=1S/C15H24N2O2S/c1-10-5-6-12(3)17(9-10)20(18,19)15-8-14(16)7-11(2)13(15)4/h7-8,10,12H,5-6,9,16H2,1-4H3. The molecular formula is C15H24N2O2S. The summed E-state index contributed by atoms with van der Waals surface area (Å²) < 4.78 is 27.5. The van der Waals surface area contributed by atoms with E-state index in [-0.39, 0.29) is 6.04 Å². The Morgan fingerprint density at radius 2 is 1.85 bits per heavy atom. The first-order valence-electron chi connectivity index (χ1n) is 7.12. The van der Waals surface area contributed by atoms with Gasteiger partial charge in [-0.1, -0.05) is 6.92 Å². The van der Waals surface area contributed by atoms with E-state index < -0.39 is 10.0 Å². The molecule has 0 aromatic heterocycles. The van der Waals surface area contributed by atoms with Crippen LogP contribution >= 0.6 is 0 Å². The van der Waals surface area contributed by atoms with Crippen LogP contribution in [0.25, 0.3) is 0 Å². The Bertz CT molecular complexity index is 611. The number of aryl methyl sites for hydroxylation is 1. The van der Waals surface area contributed by atoms with E-state index >= 15 is 0 Å². The molecule has 2 rings (SSSR count). The van der Waals surface area contributed by atoms with Gasteiger partial charge < -0.3 is 5.73 Å². The van der Waals surface area contributed by atoms with Crippen molar-refractivity contribution in [3.8, 4) is 0 Å². The van der Waals surface area contributed by atoms with Gasteiger partial charge in [-0.25, -0.2) is 8.42 Å². The average Bonchev–Trinajstić information content (AvgIpc) is 2.36. The number of piperidine rings is 1. The first kappa shape index (κ1) is 15.3. The van der Waals surface area contributed by atoms with Gasteiger partial charge in [0.25, 0.3) is 0 Å². The molecule has 0 bridgehead atoms. The topological polar surface area (TPSA) is 63.4 Å². The van der Waals surface area contributed by atoms with Gasteiger partial charge in [0.2, 0.25) is 10.0 Å². The summed E-state index contributed by atoms with van der Waals surface area (Å²) >= 11 is 0. The molecule has 4 nitrogen and oxygen atoms in total. The normalized spacial score (nSPS) is 24.8. The number of nitrogens with two attached hydrogens (primary N) is 1. The average molecular weight is 296 g/mol. The maximum absolute atomic E-state index is 12.9. The van der Waals surface area contributed by atoms with Crippen LogP contribution in [0.4, 0.5) is 5.69 Å². The van der Waals surface area contributed by atoms with E-state index in [4.69, 9.17) is 5.73 Å². The Morgan fingerprint density at radius 3 is 2.50 bits per heavy atom. The smallest absolute Gasteiger partial charge is 0.243 e. The van der Waals surface area contributed by atoms with Gasteiger partial charge in [-0.05, 0) is 62.8 Å². The number of hydrogen-bond donors (Lipinski definition) is 1. The van der Waals surface area contributed by atoms with Gasteiger partial charge in [0, 0.05) is 18.3 Å². The molecule has 20 heavy (non-hydrogen) atoms. The lowest BCUT2D eigenvalue weighted by Gasteiger charge is -2.36. The number of sulfonamides is 1. The fourth-order valence-corrected chi connectivity index (χ4v) is 4.95. The fraction of sp³-hybridized carbons (Fsp3) is 0.600. The Kier molecular flexibility index (Phi) is 4.12. The Hall–Kier alpha value is -1.07. The molecule has 1 saturated heterocycles. The van der Waals surface area contributed by atoms with E-state index in [1.165, 1.54) is 0 Å². The second-order valence-corrected chi connectivity index (χ2v) is 7.93. The van der Waals surface area contributed by atoms with E-state index in [9.17, 15) is 8.42 Å². The van der Waals surface area contributed by atoms with Gasteiger partial charge in [-0.3, -0.25) is 0 Å². The Balaban J connectivity index is 2.50. The zero-order valence-corrected chi connectivity index (χ0v) is 13.5. The SMILES string of the molecule is Cc1cc(N)cc(S(=O)(=O)N2CC(C)CCC2C)c1C. The molecule has 1 aromatic rings. The Morgan fingerprint density at radius 1 is 1.20 bits per heavy atom. The van der Waals surface area contributed by atoms with Crippen molar-refractivity contribution < 1.29 is 8.42 Å². The number of nitrogens with zero attached hydrogens (tertiary/aromatic N) is 1. The minimum absolute atomic E-state index is 0.0531. The third-order valence-electron chi connectivity index (χ3n) is 4.29. The first-order chi connectivity index (χ1) is 9.23. The van der Waals surface area contributed by atoms with Gasteiger partial charge in [0.05, 0.1) is 4.90 Å². The predicted molar refractivity (Wildman–Crippen MR) is 82.1 cm³/mol. The molecule has 0 radical (unpaired) electrons. The molecule has 1 aromatic carbocycles.